The van der Waals surface area contributed by atoms with E-state index < -0.39 is 10.0 Å². The largest absolute Gasteiger partial charge is 0.490 e. The summed E-state index contributed by atoms with van der Waals surface area (Å²) in [4.78, 5) is 4.18. The summed E-state index contributed by atoms with van der Waals surface area (Å²) in [5.74, 6) is 1.08. The second-order valence-corrected chi connectivity index (χ2v) is 8.38. The van der Waals surface area contributed by atoms with Gasteiger partial charge in [-0.2, -0.15) is 5.10 Å². The summed E-state index contributed by atoms with van der Waals surface area (Å²) in [6, 6.07) is 4.99. The van der Waals surface area contributed by atoms with Crippen molar-refractivity contribution in [2.75, 3.05) is 13.2 Å². The smallest absolute Gasteiger partial charge is 0.240 e. The zero-order valence-corrected chi connectivity index (χ0v) is 15.2. The molecule has 1 aromatic carbocycles. The zero-order chi connectivity index (χ0) is 18.0. The van der Waals surface area contributed by atoms with E-state index in [0.29, 0.717) is 24.7 Å². The van der Waals surface area contributed by atoms with E-state index in [1.807, 2.05) is 4.68 Å². The first-order chi connectivity index (χ1) is 12.6. The molecule has 1 N–H and O–H groups in total. The summed E-state index contributed by atoms with van der Waals surface area (Å²) in [6.45, 7) is 1.10. The van der Waals surface area contributed by atoms with Gasteiger partial charge in [-0.3, -0.25) is 0 Å². The molecule has 0 saturated heterocycles. The lowest BCUT2D eigenvalue weighted by atomic mass is 9.92. The van der Waals surface area contributed by atoms with Crippen molar-refractivity contribution in [2.24, 2.45) is 0 Å². The molecule has 4 rings (SSSR count). The highest BCUT2D eigenvalue weighted by Crippen LogP contribution is 2.33. The fourth-order valence-electron chi connectivity index (χ4n) is 3.46. The monoisotopic (exact) mass is 378 g/mol. The van der Waals surface area contributed by atoms with Gasteiger partial charge in [0.2, 0.25) is 10.0 Å². The van der Waals surface area contributed by atoms with Crippen LogP contribution in [0.3, 0.4) is 0 Å². The lowest BCUT2D eigenvalue weighted by Gasteiger charge is -2.28. The summed E-state index contributed by atoms with van der Waals surface area (Å²) in [6.07, 6.45) is 7.31. The summed E-state index contributed by atoms with van der Waals surface area (Å²) in [5, 5.41) is 4.18. The maximum absolute atomic E-state index is 12.7. The molecule has 2 heterocycles. The molecule has 1 aromatic heterocycles. The van der Waals surface area contributed by atoms with Gasteiger partial charge in [0.25, 0.3) is 0 Å². The van der Waals surface area contributed by atoms with Crippen molar-refractivity contribution in [3.63, 3.8) is 0 Å². The lowest BCUT2D eigenvalue weighted by molar-refractivity contribution is 0.293. The van der Waals surface area contributed by atoms with E-state index in [1.54, 1.807) is 24.5 Å². The third kappa shape index (κ3) is 3.68. The average molecular weight is 378 g/mol. The number of aromatic nitrogens is 3. The van der Waals surface area contributed by atoms with Gasteiger partial charge in [0.05, 0.1) is 24.2 Å². The minimum Gasteiger partial charge on any atom is -0.490 e. The zero-order valence-electron chi connectivity index (χ0n) is 14.4. The molecular weight excluding hydrogens is 356 g/mol. The number of hydrogen-bond donors (Lipinski definition) is 1. The quantitative estimate of drug-likeness (QED) is 0.873. The van der Waals surface area contributed by atoms with Crippen LogP contribution in [0.15, 0.2) is 35.7 Å². The molecule has 1 fully saturated rings. The molecule has 2 aromatic rings. The highest BCUT2D eigenvalue weighted by Gasteiger charge is 2.27. The van der Waals surface area contributed by atoms with Crippen molar-refractivity contribution in [1.82, 2.24) is 19.5 Å². The molecule has 0 radical (unpaired) electrons. The Hall–Kier alpha value is -2.13. The molecule has 9 heteroatoms. The number of hydrogen-bond acceptors (Lipinski definition) is 6. The Morgan fingerprint density at radius 1 is 1.08 bits per heavy atom. The van der Waals surface area contributed by atoms with Crippen molar-refractivity contribution in [1.29, 1.82) is 0 Å². The van der Waals surface area contributed by atoms with Gasteiger partial charge in [0, 0.05) is 18.5 Å². The molecule has 0 spiro atoms. The minimum absolute atomic E-state index is 0.0734. The van der Waals surface area contributed by atoms with Crippen molar-refractivity contribution in [2.45, 2.75) is 49.1 Å². The van der Waals surface area contributed by atoms with Gasteiger partial charge in [0.15, 0.2) is 11.5 Å². The van der Waals surface area contributed by atoms with Gasteiger partial charge >= 0.3 is 0 Å². The van der Waals surface area contributed by atoms with Gasteiger partial charge < -0.3 is 9.47 Å². The Balaban J connectivity index is 1.42. The Morgan fingerprint density at radius 3 is 2.58 bits per heavy atom. The summed E-state index contributed by atoms with van der Waals surface area (Å²) < 4.78 is 41.3. The fraction of sp³-hybridized carbons (Fsp3) is 0.529. The van der Waals surface area contributed by atoms with E-state index in [4.69, 9.17) is 9.47 Å². The van der Waals surface area contributed by atoms with Crippen molar-refractivity contribution in [3.05, 3.63) is 30.9 Å². The van der Waals surface area contributed by atoms with Crippen LogP contribution in [0.2, 0.25) is 0 Å². The maximum Gasteiger partial charge on any atom is 0.240 e. The van der Waals surface area contributed by atoms with E-state index in [9.17, 15) is 8.42 Å². The Labute approximate surface area is 152 Å². The molecule has 0 atom stereocenters. The van der Waals surface area contributed by atoms with Gasteiger partial charge in [-0.25, -0.2) is 22.8 Å². The first-order valence-electron chi connectivity index (χ1n) is 8.88. The number of fused-ring (bicyclic) bond motifs is 1. The first-order valence-corrected chi connectivity index (χ1v) is 10.4. The molecule has 140 valence electrons. The highest BCUT2D eigenvalue weighted by atomic mass is 32.2. The van der Waals surface area contributed by atoms with Crippen LogP contribution in [0.4, 0.5) is 0 Å². The van der Waals surface area contributed by atoms with E-state index >= 15 is 0 Å². The molecule has 8 nitrogen and oxygen atoms in total. The van der Waals surface area contributed by atoms with Crippen LogP contribution in [0.5, 0.6) is 11.5 Å². The van der Waals surface area contributed by atoms with Gasteiger partial charge in [-0.1, -0.05) is 0 Å². The van der Waals surface area contributed by atoms with E-state index in [-0.39, 0.29) is 17.0 Å². The third-order valence-corrected chi connectivity index (χ3v) is 6.38. The van der Waals surface area contributed by atoms with Gasteiger partial charge in [-0.15, -0.1) is 0 Å². The molecule has 1 saturated carbocycles. The Morgan fingerprint density at radius 2 is 1.85 bits per heavy atom. The van der Waals surface area contributed by atoms with Crippen LogP contribution in [-0.2, 0) is 10.0 Å². The number of nitrogens with zero attached hydrogens (tertiary/aromatic N) is 3. The molecule has 1 aliphatic carbocycles. The molecule has 1 aliphatic heterocycles. The van der Waals surface area contributed by atoms with Crippen LogP contribution in [0, 0.1) is 0 Å². The van der Waals surface area contributed by atoms with Crippen molar-refractivity contribution < 1.29 is 17.9 Å². The molecular formula is C17H22N4O4S. The Bertz CT molecular complexity index is 846. The van der Waals surface area contributed by atoms with Crippen LogP contribution in [-0.4, -0.2) is 42.4 Å². The normalized spacial score (nSPS) is 23.4. The van der Waals surface area contributed by atoms with E-state index in [2.05, 4.69) is 14.8 Å². The molecule has 0 bridgehead atoms. The Kier molecular flexibility index (Phi) is 4.82. The van der Waals surface area contributed by atoms with E-state index in [0.717, 1.165) is 32.1 Å². The molecule has 2 aliphatic rings. The van der Waals surface area contributed by atoms with Crippen LogP contribution in [0.1, 0.15) is 38.1 Å². The molecule has 0 unspecified atom stereocenters. The number of rotatable bonds is 4. The number of sulfonamides is 1. The SMILES string of the molecule is O=S(=O)(NC1CCC(n2cncn2)CC1)c1ccc2c(c1)OCCCO2. The van der Waals surface area contributed by atoms with Gasteiger partial charge in [0.1, 0.15) is 12.7 Å². The number of nitrogens with one attached hydrogen (secondary N) is 1. The molecule has 0 amide bonds. The lowest BCUT2D eigenvalue weighted by Crippen LogP contribution is -2.38. The highest BCUT2D eigenvalue weighted by molar-refractivity contribution is 7.89. The third-order valence-electron chi connectivity index (χ3n) is 4.86. The van der Waals surface area contributed by atoms with Crippen LogP contribution in [0.25, 0.3) is 0 Å². The fourth-order valence-corrected chi connectivity index (χ4v) is 4.78. The van der Waals surface area contributed by atoms with E-state index in [1.165, 1.54) is 6.33 Å². The standard InChI is InChI=1S/C17H22N4O4S/c22-26(23,15-6-7-16-17(10-15)25-9-1-8-24-16)20-13-2-4-14(5-3-13)21-12-18-11-19-21/h6-7,10-14,20H,1-5,8-9H2. The summed E-state index contributed by atoms with van der Waals surface area (Å²) >= 11 is 0. The average Bonchev–Trinajstić information content (AvgIpc) is 3.07. The van der Waals surface area contributed by atoms with Gasteiger partial charge in [-0.05, 0) is 37.8 Å². The summed E-state index contributed by atoms with van der Waals surface area (Å²) in [5.41, 5.74) is 0. The predicted octanol–water partition coefficient (Wildman–Crippen LogP) is 1.90. The van der Waals surface area contributed by atoms with Crippen LogP contribution >= 0.6 is 0 Å². The second kappa shape index (κ2) is 7.24. The predicted molar refractivity (Wildman–Crippen MR) is 93.7 cm³/mol. The van der Waals surface area contributed by atoms with Crippen molar-refractivity contribution in [3.8, 4) is 11.5 Å². The topological polar surface area (TPSA) is 95.3 Å². The minimum atomic E-state index is -3.60. The maximum atomic E-state index is 12.7. The summed E-state index contributed by atoms with van der Waals surface area (Å²) in [7, 11) is -3.60. The number of ether oxygens (including phenoxy) is 2. The number of benzene rings is 1. The molecule has 26 heavy (non-hydrogen) atoms. The first kappa shape index (κ1) is 17.3. The van der Waals surface area contributed by atoms with Crippen molar-refractivity contribution >= 4 is 10.0 Å². The van der Waals surface area contributed by atoms with Crippen LogP contribution < -0.4 is 14.2 Å². The second-order valence-electron chi connectivity index (χ2n) is 6.66.